The molecule has 18 heavy (non-hydrogen) atoms. The van der Waals surface area contributed by atoms with Gasteiger partial charge in [-0.2, -0.15) is 5.48 Å². The van der Waals surface area contributed by atoms with Gasteiger partial charge in [0.25, 0.3) is 0 Å². The van der Waals surface area contributed by atoms with Crippen LogP contribution in [0, 0.1) is 0 Å². The van der Waals surface area contributed by atoms with Crippen LogP contribution in [0.2, 0.25) is 5.02 Å². The third-order valence-electron chi connectivity index (χ3n) is 2.86. The largest absolute Gasteiger partial charge is 0.305 e. The molecule has 0 saturated heterocycles. The van der Waals surface area contributed by atoms with Gasteiger partial charge in [0.1, 0.15) is 0 Å². The summed E-state index contributed by atoms with van der Waals surface area (Å²) < 4.78 is 0. The highest BCUT2D eigenvalue weighted by molar-refractivity contribution is 6.30. The van der Waals surface area contributed by atoms with Crippen molar-refractivity contribution in [1.82, 2.24) is 5.48 Å². The lowest BCUT2D eigenvalue weighted by Gasteiger charge is -2.13. The van der Waals surface area contributed by atoms with Gasteiger partial charge in [0.2, 0.25) is 0 Å². The predicted molar refractivity (Wildman–Crippen MR) is 75.4 cm³/mol. The average Bonchev–Trinajstić information content (AvgIpc) is 2.40. The quantitative estimate of drug-likeness (QED) is 0.832. The average molecular weight is 262 g/mol. The lowest BCUT2D eigenvalue weighted by molar-refractivity contribution is 0.0659. The minimum Gasteiger partial charge on any atom is -0.305 e. The summed E-state index contributed by atoms with van der Waals surface area (Å²) in [6.45, 7) is 2.06. The Labute approximate surface area is 113 Å². The number of hydroxylamine groups is 1. The SMILES string of the molecule is CONC(C)c1cccc(-c2ccc(Cl)cc2)c1. The molecule has 0 spiro atoms. The number of hydrogen-bond donors (Lipinski definition) is 1. The summed E-state index contributed by atoms with van der Waals surface area (Å²) in [6.07, 6.45) is 0. The fourth-order valence-electron chi connectivity index (χ4n) is 1.87. The maximum absolute atomic E-state index is 5.90. The van der Waals surface area contributed by atoms with E-state index >= 15 is 0 Å². The third-order valence-corrected chi connectivity index (χ3v) is 3.11. The zero-order valence-electron chi connectivity index (χ0n) is 10.5. The molecular weight excluding hydrogens is 246 g/mol. The van der Waals surface area contributed by atoms with Gasteiger partial charge >= 0.3 is 0 Å². The molecule has 0 aliphatic carbocycles. The Bertz CT molecular complexity index is 510. The van der Waals surface area contributed by atoms with Crippen LogP contribution in [0.25, 0.3) is 11.1 Å². The van der Waals surface area contributed by atoms with E-state index in [0.717, 1.165) is 10.6 Å². The molecule has 2 aromatic rings. The van der Waals surface area contributed by atoms with Crippen molar-refractivity contribution >= 4 is 11.6 Å². The van der Waals surface area contributed by atoms with Gasteiger partial charge in [-0.25, -0.2) is 0 Å². The van der Waals surface area contributed by atoms with Crippen molar-refractivity contribution in [2.24, 2.45) is 0 Å². The molecule has 2 rings (SSSR count). The molecule has 0 amide bonds. The van der Waals surface area contributed by atoms with Crippen LogP contribution in [-0.4, -0.2) is 7.11 Å². The van der Waals surface area contributed by atoms with Crippen molar-refractivity contribution in [3.05, 3.63) is 59.1 Å². The first-order valence-electron chi connectivity index (χ1n) is 5.85. The highest BCUT2D eigenvalue weighted by Crippen LogP contribution is 2.24. The second kappa shape index (κ2) is 6.01. The van der Waals surface area contributed by atoms with Crippen LogP contribution in [0.3, 0.4) is 0 Å². The standard InChI is InChI=1S/C15H16ClNO/c1-11(17-18-2)13-4-3-5-14(10-13)12-6-8-15(16)9-7-12/h3-11,17H,1-2H3. The van der Waals surface area contributed by atoms with Gasteiger partial charge in [-0.3, -0.25) is 0 Å². The first-order valence-corrected chi connectivity index (χ1v) is 6.23. The van der Waals surface area contributed by atoms with Crippen LogP contribution in [0.5, 0.6) is 0 Å². The summed E-state index contributed by atoms with van der Waals surface area (Å²) in [7, 11) is 1.62. The topological polar surface area (TPSA) is 21.3 Å². The smallest absolute Gasteiger partial charge is 0.0572 e. The summed E-state index contributed by atoms with van der Waals surface area (Å²) in [5, 5.41) is 0.754. The number of halogens is 1. The highest BCUT2D eigenvalue weighted by Gasteiger charge is 2.05. The Morgan fingerprint density at radius 3 is 2.44 bits per heavy atom. The van der Waals surface area contributed by atoms with E-state index in [0.29, 0.717) is 0 Å². The van der Waals surface area contributed by atoms with Crippen LogP contribution < -0.4 is 5.48 Å². The fourth-order valence-corrected chi connectivity index (χ4v) is 2.00. The zero-order chi connectivity index (χ0) is 13.0. The molecule has 1 N–H and O–H groups in total. The summed E-state index contributed by atoms with van der Waals surface area (Å²) in [5.41, 5.74) is 6.45. The Morgan fingerprint density at radius 2 is 1.78 bits per heavy atom. The summed E-state index contributed by atoms with van der Waals surface area (Å²) >= 11 is 5.90. The van der Waals surface area contributed by atoms with Crippen LogP contribution >= 0.6 is 11.6 Å². The van der Waals surface area contributed by atoms with Crippen LogP contribution in [0.1, 0.15) is 18.5 Å². The maximum atomic E-state index is 5.90. The van der Waals surface area contributed by atoms with Crippen molar-refractivity contribution in [3.8, 4) is 11.1 Å². The minimum atomic E-state index is 0.155. The van der Waals surface area contributed by atoms with Crippen molar-refractivity contribution in [1.29, 1.82) is 0 Å². The molecule has 0 heterocycles. The van der Waals surface area contributed by atoms with E-state index in [1.54, 1.807) is 7.11 Å². The van der Waals surface area contributed by atoms with Gasteiger partial charge < -0.3 is 4.84 Å². The molecule has 3 heteroatoms. The molecule has 0 aliphatic rings. The van der Waals surface area contributed by atoms with Gasteiger partial charge in [-0.15, -0.1) is 0 Å². The Balaban J connectivity index is 2.29. The molecule has 1 unspecified atom stereocenters. The Morgan fingerprint density at radius 1 is 1.06 bits per heavy atom. The van der Waals surface area contributed by atoms with Crippen LogP contribution in [0.15, 0.2) is 48.5 Å². The lowest BCUT2D eigenvalue weighted by atomic mass is 10.0. The Hall–Kier alpha value is -1.35. The van der Waals surface area contributed by atoms with Crippen LogP contribution in [0.4, 0.5) is 0 Å². The van der Waals surface area contributed by atoms with E-state index < -0.39 is 0 Å². The zero-order valence-corrected chi connectivity index (χ0v) is 11.2. The second-order valence-electron chi connectivity index (χ2n) is 4.18. The number of nitrogens with one attached hydrogen (secondary N) is 1. The maximum Gasteiger partial charge on any atom is 0.0572 e. The normalized spacial score (nSPS) is 12.4. The van der Waals surface area contributed by atoms with E-state index in [9.17, 15) is 0 Å². The van der Waals surface area contributed by atoms with Crippen molar-refractivity contribution in [2.45, 2.75) is 13.0 Å². The van der Waals surface area contributed by atoms with E-state index in [1.165, 1.54) is 11.1 Å². The molecule has 2 aromatic carbocycles. The first kappa shape index (κ1) is 13.1. The molecule has 0 bridgehead atoms. The molecule has 0 radical (unpaired) electrons. The number of hydrogen-bond acceptors (Lipinski definition) is 2. The fraction of sp³-hybridized carbons (Fsp3) is 0.200. The molecular formula is C15H16ClNO. The molecule has 0 aliphatic heterocycles. The first-order chi connectivity index (χ1) is 8.70. The number of benzene rings is 2. The number of rotatable bonds is 4. The Kier molecular flexibility index (Phi) is 4.37. The van der Waals surface area contributed by atoms with Gasteiger partial charge in [0, 0.05) is 5.02 Å². The monoisotopic (exact) mass is 261 g/mol. The molecule has 2 nitrogen and oxygen atoms in total. The van der Waals surface area contributed by atoms with E-state index in [2.05, 4.69) is 30.6 Å². The lowest BCUT2D eigenvalue weighted by Crippen LogP contribution is -2.16. The van der Waals surface area contributed by atoms with Gasteiger partial charge in [-0.1, -0.05) is 41.9 Å². The molecule has 94 valence electrons. The molecule has 0 fully saturated rings. The highest BCUT2D eigenvalue weighted by atomic mass is 35.5. The minimum absolute atomic E-state index is 0.155. The van der Waals surface area contributed by atoms with E-state index in [4.69, 9.17) is 16.4 Å². The summed E-state index contributed by atoms with van der Waals surface area (Å²) in [6, 6.07) is 16.4. The van der Waals surface area contributed by atoms with Gasteiger partial charge in [0.15, 0.2) is 0 Å². The van der Waals surface area contributed by atoms with Crippen molar-refractivity contribution in [2.75, 3.05) is 7.11 Å². The predicted octanol–water partition coefficient (Wildman–Crippen LogP) is 4.22. The third kappa shape index (κ3) is 3.10. The molecule has 1 atom stereocenters. The van der Waals surface area contributed by atoms with E-state index in [-0.39, 0.29) is 6.04 Å². The molecule has 0 saturated carbocycles. The molecule has 0 aromatic heterocycles. The summed E-state index contributed by atoms with van der Waals surface area (Å²) in [4.78, 5) is 4.95. The van der Waals surface area contributed by atoms with Gasteiger partial charge in [-0.05, 0) is 41.8 Å². The van der Waals surface area contributed by atoms with Gasteiger partial charge in [0.05, 0.1) is 13.2 Å². The van der Waals surface area contributed by atoms with Crippen molar-refractivity contribution < 1.29 is 4.84 Å². The van der Waals surface area contributed by atoms with Crippen LogP contribution in [-0.2, 0) is 4.84 Å². The van der Waals surface area contributed by atoms with Crippen molar-refractivity contribution in [3.63, 3.8) is 0 Å². The summed E-state index contributed by atoms with van der Waals surface area (Å²) in [5.74, 6) is 0. The second-order valence-corrected chi connectivity index (χ2v) is 4.61. The van der Waals surface area contributed by atoms with E-state index in [1.807, 2.05) is 30.3 Å².